The van der Waals surface area contributed by atoms with E-state index in [0.29, 0.717) is 52.3 Å². The monoisotopic (exact) mass is 1510 g/mol. The van der Waals surface area contributed by atoms with E-state index in [1.807, 2.05) is 6.92 Å². The maximum absolute atomic E-state index is 12.9. The highest BCUT2D eigenvalue weighted by Crippen LogP contribution is 2.64. The summed E-state index contributed by atoms with van der Waals surface area (Å²) in [5.74, 6) is 3.97. The van der Waals surface area contributed by atoms with Gasteiger partial charge in [0.1, 0.15) is 17.5 Å². The maximum atomic E-state index is 12.9. The fraction of sp³-hybridized carbons (Fsp3) is 0.750. The maximum Gasteiger partial charge on any atom is 0.410 e. The van der Waals surface area contributed by atoms with Gasteiger partial charge >= 0.3 is 18.3 Å². The van der Waals surface area contributed by atoms with Gasteiger partial charge in [-0.25, -0.2) is 92.2 Å². The third kappa shape index (κ3) is 18.3. The first kappa shape index (κ1) is 76.8. The van der Waals surface area contributed by atoms with Gasteiger partial charge in [-0.2, -0.15) is 0 Å². The van der Waals surface area contributed by atoms with Crippen LogP contribution >= 0.6 is 45.5 Å². The van der Waals surface area contributed by atoms with Crippen LogP contribution in [0.15, 0.2) is 37.2 Å². The summed E-state index contributed by atoms with van der Waals surface area (Å²) in [5, 5.41) is 1.60. The number of aromatic nitrogens is 6. The predicted octanol–water partition coefficient (Wildman–Crippen LogP) is 7.80. The van der Waals surface area contributed by atoms with E-state index in [-0.39, 0.29) is 84.1 Å². The Hall–Kier alpha value is -4.39. The molecule has 3 saturated heterocycles. The average molecular weight is 1510 g/mol. The molecule has 0 radical (unpaired) electrons. The Kier molecular flexibility index (Phi) is 25.2. The Bertz CT molecular complexity index is 3420. The lowest BCUT2D eigenvalue weighted by Gasteiger charge is -2.32. The Balaban J connectivity index is 0.000000164. The van der Waals surface area contributed by atoms with Crippen molar-refractivity contribution in [3.05, 3.63) is 69.7 Å². The number of nitrogens with two attached hydrogens (primary N) is 1. The molecule has 0 aromatic carbocycles. The summed E-state index contributed by atoms with van der Waals surface area (Å²) in [7, 11) is -3.74. The third-order valence-electron chi connectivity index (χ3n) is 20.7. The highest BCUT2D eigenvalue weighted by Gasteiger charge is 2.62. The molecule has 0 bridgehead atoms. The quantitative estimate of drug-likeness (QED) is 0.0761. The number of hydrogen-bond donors (Lipinski definition) is 3. The molecule has 4 N–H and O–H groups in total. The molecule has 12 rings (SSSR count). The lowest BCUT2D eigenvalue weighted by Crippen LogP contribution is -2.50. The van der Waals surface area contributed by atoms with Crippen molar-refractivity contribution in [2.45, 2.75) is 206 Å². The van der Waals surface area contributed by atoms with E-state index in [9.17, 15) is 52.8 Å². The molecule has 3 aliphatic heterocycles. The second-order valence-corrected chi connectivity index (χ2v) is 34.2. The summed E-state index contributed by atoms with van der Waals surface area (Å²) in [4.78, 5) is 68.0. The number of amides is 3. The number of alkyl halides is 3. The smallest absolute Gasteiger partial charge is 0.410 e. The normalized spacial score (nSPS) is 33.8. The molecule has 3 aromatic rings. The van der Waals surface area contributed by atoms with Gasteiger partial charge < -0.3 is 34.2 Å². The van der Waals surface area contributed by atoms with Crippen molar-refractivity contribution in [2.24, 2.45) is 23.5 Å². The van der Waals surface area contributed by atoms with Crippen LogP contribution in [0.4, 0.5) is 27.6 Å². The van der Waals surface area contributed by atoms with Gasteiger partial charge in [-0.15, -0.1) is 0 Å². The van der Waals surface area contributed by atoms with Gasteiger partial charge in [0, 0.05) is 100 Å². The SMILES string of the molecule is COC(=O)N1[C@H](C)C[C@H](N)[C@@H]1COC1CCC2(c3ncc(Cl)cn3)CC2C1.COC(=O)N1[C@H](C)C[C@H](NS(=O)(=O)CF)[C@@H]1COC1CCC2(c3ncc(Cl)cn3)CC2C1.COC(=O)N1[C@H](C)C[C@H](NS(=O)(=O)CF)[C@@H]1CO[C@H]1CC[C@@]2(c3ncc(Cl)cn3)C[C@H]2C1.O=S(=O)(Cl)CF. The number of nitrogens with one attached hydrogen (secondary N) is 2. The topological polar surface area (TPSA) is 346 Å². The number of likely N-dealkylation sites (tertiary alicyclic amines) is 3. The molecule has 37 heteroatoms. The van der Waals surface area contributed by atoms with E-state index in [0.717, 1.165) is 101 Å². The third-order valence-corrected chi connectivity index (χ3v) is 23.7. The highest BCUT2D eigenvalue weighted by atomic mass is 35.7. The molecule has 6 saturated carbocycles. The molecule has 27 nitrogen and oxygen atoms in total. The summed E-state index contributed by atoms with van der Waals surface area (Å²) in [6.45, 7) is 6.35. The molecule has 0 spiro atoms. The predicted molar refractivity (Wildman–Crippen MR) is 350 cm³/mol. The number of hydrogen-bond acceptors (Lipinski definition) is 22. The Morgan fingerprint density at radius 2 is 0.784 bits per heavy atom. The number of ether oxygens (including phenoxy) is 6. The van der Waals surface area contributed by atoms with Crippen LogP contribution in [-0.2, 0) is 73.8 Å². The van der Waals surface area contributed by atoms with E-state index in [1.54, 1.807) is 55.9 Å². The van der Waals surface area contributed by atoms with Crippen molar-refractivity contribution < 1.29 is 81.2 Å². The zero-order valence-corrected chi connectivity index (χ0v) is 60.0. The van der Waals surface area contributed by atoms with Gasteiger partial charge in [-0.1, -0.05) is 34.8 Å². The van der Waals surface area contributed by atoms with Crippen molar-refractivity contribution in [1.82, 2.24) is 54.0 Å². The van der Waals surface area contributed by atoms with Gasteiger partial charge in [0.05, 0.1) is 92.7 Å². The van der Waals surface area contributed by atoms with Crippen molar-refractivity contribution in [3.8, 4) is 0 Å². The second kappa shape index (κ2) is 31.9. The summed E-state index contributed by atoms with van der Waals surface area (Å²) in [5.41, 5.74) is 6.35. The standard InChI is InChI=1S/2C20H28ClFN4O5S.C19H27ClN4O3.CH2ClFO2S/c2*1-12-5-16(25-32(28,29)11-22)17(26(12)19(27)30-2)10-31-15-3-4-20(7-13(20)6-15)18-23-8-14(21)9-24-18;1-11-5-15(21)16(24(11)18(25)26-2)10-27-14-3-4-19(7-12(19)6-14)17-22-8-13(20)9-23-17;2-6(4,5)1-3/h2*8-9,12-13,15-17,25H,3-7,10-11H2,1-2H3;8-9,11-12,14-16H,3-7,10,21H2,1-2H3;1H2/t12-,13?,15?,16+,17+,20?;12-,13-,15+,16+,17+,20-;11-,12?,14?,15+,16+,19?;/m111./s1. The number of sulfonamides is 2. The first-order valence-corrected chi connectivity index (χ1v) is 39.0. The Morgan fingerprint density at radius 1 is 0.505 bits per heavy atom. The average Bonchev–Trinajstić information content (AvgIpc) is 1.58. The van der Waals surface area contributed by atoms with Crippen molar-refractivity contribution in [2.75, 3.05) is 59.2 Å². The van der Waals surface area contributed by atoms with E-state index >= 15 is 0 Å². The number of methoxy groups -OCH3 is 3. The summed E-state index contributed by atoms with van der Waals surface area (Å²) in [6, 6.07) is -7.63. The van der Waals surface area contributed by atoms with Gasteiger partial charge in [0.25, 0.3) is 9.05 Å². The Labute approximate surface area is 583 Å². The summed E-state index contributed by atoms with van der Waals surface area (Å²) < 4.78 is 141. The highest BCUT2D eigenvalue weighted by molar-refractivity contribution is 8.13. The van der Waals surface area contributed by atoms with Crippen LogP contribution in [0.25, 0.3) is 0 Å². The molecule has 6 unspecified atom stereocenters. The number of halogens is 7. The lowest BCUT2D eigenvalue weighted by molar-refractivity contribution is -0.0103. The number of nitrogens with zero attached hydrogens (tertiary/aromatic N) is 9. The van der Waals surface area contributed by atoms with Crippen LogP contribution < -0.4 is 15.2 Å². The Morgan fingerprint density at radius 3 is 1.05 bits per heavy atom. The zero-order chi connectivity index (χ0) is 70.6. The van der Waals surface area contributed by atoms with Crippen LogP contribution in [0.1, 0.15) is 135 Å². The molecule has 542 valence electrons. The van der Waals surface area contributed by atoms with Crippen LogP contribution in [0.5, 0.6) is 0 Å². The lowest BCUT2D eigenvalue weighted by atomic mass is 9.86. The molecular weight excluding hydrogens is 1420 g/mol. The molecular formula is C60H85Cl4F3N12O15S3. The molecule has 3 amide bonds. The first-order chi connectivity index (χ1) is 45.9. The molecule has 9 aliphatic rings. The molecule has 6 heterocycles. The molecule has 18 atom stereocenters. The first-order valence-electron chi connectivity index (χ1n) is 32.1. The van der Waals surface area contributed by atoms with Crippen molar-refractivity contribution in [3.63, 3.8) is 0 Å². The van der Waals surface area contributed by atoms with Gasteiger partial charge in [0.15, 0.2) is 0 Å². The molecule has 6 aliphatic carbocycles. The van der Waals surface area contributed by atoms with E-state index < -0.39 is 83.5 Å². The van der Waals surface area contributed by atoms with E-state index in [2.05, 4.69) is 50.0 Å². The largest absolute Gasteiger partial charge is 0.453 e. The zero-order valence-electron chi connectivity index (χ0n) is 54.6. The molecule has 9 fully saturated rings. The van der Waals surface area contributed by atoms with Gasteiger partial charge in [-0.3, -0.25) is 14.7 Å². The summed E-state index contributed by atoms with van der Waals surface area (Å²) in [6.07, 6.45) is 21.3. The number of carbonyl (C=O) groups excluding carboxylic acids is 3. The number of rotatable bonds is 19. The van der Waals surface area contributed by atoms with E-state index in [4.69, 9.17) is 69.0 Å². The minimum atomic E-state index is -4.08. The minimum absolute atomic E-state index is 0.0102. The van der Waals surface area contributed by atoms with Crippen LogP contribution in [-0.4, -0.2) is 220 Å². The summed E-state index contributed by atoms with van der Waals surface area (Å²) >= 11 is 17.7. The molecule has 97 heavy (non-hydrogen) atoms. The van der Waals surface area contributed by atoms with Crippen LogP contribution in [0.2, 0.25) is 15.1 Å². The molecule has 3 aromatic heterocycles. The van der Waals surface area contributed by atoms with Crippen molar-refractivity contribution in [1.29, 1.82) is 0 Å². The van der Waals surface area contributed by atoms with E-state index in [1.165, 1.54) is 31.1 Å². The second-order valence-electron chi connectivity index (χ2n) is 26.8. The van der Waals surface area contributed by atoms with Crippen molar-refractivity contribution >= 4 is 92.9 Å². The number of fused-ring (bicyclic) bond motifs is 3. The van der Waals surface area contributed by atoms with Crippen LogP contribution in [0.3, 0.4) is 0 Å². The fourth-order valence-corrected chi connectivity index (χ4v) is 17.6. The van der Waals surface area contributed by atoms with Crippen LogP contribution in [0, 0.1) is 17.8 Å². The fourth-order valence-electron chi connectivity index (χ4n) is 15.7. The minimum Gasteiger partial charge on any atom is -0.453 e. The van der Waals surface area contributed by atoms with Gasteiger partial charge in [-0.05, 0) is 135 Å². The number of carbonyl (C=O) groups is 3. The van der Waals surface area contributed by atoms with Gasteiger partial charge in [0.2, 0.25) is 38.1 Å².